The molecule has 0 aromatic heterocycles. The lowest BCUT2D eigenvalue weighted by Crippen LogP contribution is -2.35. The Morgan fingerprint density at radius 2 is 2.11 bits per heavy atom. The lowest BCUT2D eigenvalue weighted by Gasteiger charge is -2.36. The second-order valence-corrected chi connectivity index (χ2v) is 5.65. The fourth-order valence-electron chi connectivity index (χ4n) is 3.07. The van der Waals surface area contributed by atoms with Crippen molar-refractivity contribution in [3.05, 3.63) is 29.3 Å². The van der Waals surface area contributed by atoms with E-state index in [0.29, 0.717) is 6.04 Å². The van der Waals surface area contributed by atoms with Gasteiger partial charge in [0.25, 0.3) is 0 Å². The first-order valence-corrected chi connectivity index (χ1v) is 6.85. The van der Waals surface area contributed by atoms with Crippen LogP contribution in [-0.4, -0.2) is 13.1 Å². The van der Waals surface area contributed by atoms with Crippen molar-refractivity contribution >= 4 is 5.69 Å². The molecule has 2 rings (SSSR count). The smallest absolute Gasteiger partial charge is 0.0991 e. The molecule has 96 valence electrons. The number of anilines is 1. The van der Waals surface area contributed by atoms with Crippen LogP contribution in [0.2, 0.25) is 0 Å². The van der Waals surface area contributed by atoms with E-state index >= 15 is 0 Å². The predicted molar refractivity (Wildman–Crippen MR) is 75.7 cm³/mol. The highest BCUT2D eigenvalue weighted by Gasteiger charge is 2.23. The largest absolute Gasteiger partial charge is 0.371 e. The molecule has 1 saturated carbocycles. The second-order valence-electron chi connectivity index (χ2n) is 5.65. The van der Waals surface area contributed by atoms with E-state index in [1.54, 1.807) is 0 Å². The first kappa shape index (κ1) is 13.0. The van der Waals surface area contributed by atoms with Gasteiger partial charge in [0.05, 0.1) is 11.6 Å². The van der Waals surface area contributed by atoms with Crippen molar-refractivity contribution in [1.29, 1.82) is 5.26 Å². The van der Waals surface area contributed by atoms with Gasteiger partial charge >= 0.3 is 0 Å². The predicted octanol–water partition coefficient (Wildman–Crippen LogP) is 3.88. The van der Waals surface area contributed by atoms with Crippen molar-refractivity contribution in [2.75, 3.05) is 11.9 Å². The molecule has 1 aliphatic rings. The van der Waals surface area contributed by atoms with Crippen molar-refractivity contribution in [3.8, 4) is 6.07 Å². The van der Waals surface area contributed by atoms with Gasteiger partial charge in [0.2, 0.25) is 0 Å². The van der Waals surface area contributed by atoms with Crippen LogP contribution in [-0.2, 0) is 0 Å². The molecule has 2 atom stereocenters. The number of hydrogen-bond acceptors (Lipinski definition) is 2. The first-order valence-electron chi connectivity index (χ1n) is 6.85. The van der Waals surface area contributed by atoms with Crippen LogP contribution in [0.4, 0.5) is 5.69 Å². The van der Waals surface area contributed by atoms with Gasteiger partial charge in [-0.25, -0.2) is 0 Å². The topological polar surface area (TPSA) is 27.0 Å². The van der Waals surface area contributed by atoms with E-state index in [1.165, 1.54) is 36.9 Å². The first-order chi connectivity index (χ1) is 8.61. The molecule has 1 aliphatic carbocycles. The quantitative estimate of drug-likeness (QED) is 0.787. The molecule has 2 heteroatoms. The van der Waals surface area contributed by atoms with E-state index in [0.717, 1.165) is 11.5 Å². The van der Waals surface area contributed by atoms with Gasteiger partial charge in [-0.15, -0.1) is 0 Å². The van der Waals surface area contributed by atoms with Crippen molar-refractivity contribution in [3.63, 3.8) is 0 Å². The maximum absolute atomic E-state index is 8.91. The Labute approximate surface area is 110 Å². The summed E-state index contributed by atoms with van der Waals surface area (Å²) in [7, 11) is 2.19. The lowest BCUT2D eigenvalue weighted by molar-refractivity contribution is 0.336. The molecule has 0 heterocycles. The highest BCUT2D eigenvalue weighted by Crippen LogP contribution is 2.31. The molecule has 2 unspecified atom stereocenters. The zero-order valence-electron chi connectivity index (χ0n) is 11.6. The van der Waals surface area contributed by atoms with Crippen LogP contribution in [0.3, 0.4) is 0 Å². The summed E-state index contributed by atoms with van der Waals surface area (Å²) in [5.41, 5.74) is 3.23. The average molecular weight is 242 g/mol. The van der Waals surface area contributed by atoms with Crippen molar-refractivity contribution < 1.29 is 0 Å². The number of aryl methyl sites for hydroxylation is 1. The summed E-state index contributed by atoms with van der Waals surface area (Å²) in [6, 6.07) is 8.85. The number of nitriles is 1. The molecule has 2 nitrogen and oxygen atoms in total. The Morgan fingerprint density at radius 1 is 1.33 bits per heavy atom. The summed E-state index contributed by atoms with van der Waals surface area (Å²) in [4.78, 5) is 2.41. The van der Waals surface area contributed by atoms with E-state index in [4.69, 9.17) is 5.26 Å². The van der Waals surface area contributed by atoms with Crippen LogP contribution in [0.5, 0.6) is 0 Å². The van der Waals surface area contributed by atoms with Crippen molar-refractivity contribution in [2.24, 2.45) is 5.92 Å². The molecule has 0 saturated heterocycles. The van der Waals surface area contributed by atoms with Crippen molar-refractivity contribution in [1.82, 2.24) is 0 Å². The number of nitrogens with zero attached hydrogens (tertiary/aromatic N) is 2. The zero-order valence-corrected chi connectivity index (χ0v) is 11.6. The van der Waals surface area contributed by atoms with Gasteiger partial charge in [-0.05, 0) is 49.4 Å². The van der Waals surface area contributed by atoms with Crippen molar-refractivity contribution in [2.45, 2.75) is 45.6 Å². The summed E-state index contributed by atoms with van der Waals surface area (Å²) >= 11 is 0. The Morgan fingerprint density at radius 3 is 2.72 bits per heavy atom. The maximum Gasteiger partial charge on any atom is 0.0991 e. The Bertz CT molecular complexity index is 459. The third-order valence-electron chi connectivity index (χ3n) is 4.16. The van der Waals surface area contributed by atoms with Gasteiger partial charge in [0, 0.05) is 18.8 Å². The molecule has 1 fully saturated rings. The lowest BCUT2D eigenvalue weighted by atomic mass is 9.86. The van der Waals surface area contributed by atoms with Crippen LogP contribution in [0.15, 0.2) is 18.2 Å². The van der Waals surface area contributed by atoms with E-state index in [2.05, 4.69) is 37.9 Å². The van der Waals surface area contributed by atoms with Gasteiger partial charge in [-0.3, -0.25) is 0 Å². The molecule has 0 radical (unpaired) electrons. The normalized spacial score (nSPS) is 23.4. The molecule has 0 N–H and O–H groups in total. The average Bonchev–Trinajstić information content (AvgIpc) is 2.37. The van der Waals surface area contributed by atoms with Gasteiger partial charge in [-0.2, -0.15) is 5.26 Å². The summed E-state index contributed by atoms with van der Waals surface area (Å²) in [5, 5.41) is 8.91. The standard InChI is InChI=1S/C16H22N2/c1-12-5-4-6-15(9-12)18(3)16-8-7-14(11-17)10-13(16)2/h7-8,10,12,15H,4-6,9H2,1-3H3. The minimum absolute atomic E-state index is 0.653. The molecular formula is C16H22N2. The Kier molecular flexibility index (Phi) is 3.91. The molecule has 0 amide bonds. The molecule has 18 heavy (non-hydrogen) atoms. The van der Waals surface area contributed by atoms with Crippen LogP contribution in [0.1, 0.15) is 43.7 Å². The van der Waals surface area contributed by atoms with Gasteiger partial charge in [0.15, 0.2) is 0 Å². The molecule has 0 bridgehead atoms. The van der Waals surface area contributed by atoms with E-state index in [1.807, 2.05) is 12.1 Å². The zero-order chi connectivity index (χ0) is 13.1. The number of benzene rings is 1. The molecular weight excluding hydrogens is 220 g/mol. The maximum atomic E-state index is 8.91. The van der Waals surface area contributed by atoms with E-state index in [9.17, 15) is 0 Å². The van der Waals surface area contributed by atoms with Gasteiger partial charge in [0.1, 0.15) is 0 Å². The van der Waals surface area contributed by atoms with Gasteiger partial charge in [-0.1, -0.05) is 19.8 Å². The Hall–Kier alpha value is -1.49. The fraction of sp³-hybridized carbons (Fsp3) is 0.562. The summed E-state index contributed by atoms with van der Waals surface area (Å²) in [6.07, 6.45) is 5.29. The van der Waals surface area contributed by atoms with Gasteiger partial charge < -0.3 is 4.90 Å². The monoisotopic (exact) mass is 242 g/mol. The molecule has 1 aromatic carbocycles. The fourth-order valence-corrected chi connectivity index (χ4v) is 3.07. The third-order valence-corrected chi connectivity index (χ3v) is 4.16. The van der Waals surface area contributed by atoms with Crippen LogP contribution in [0, 0.1) is 24.2 Å². The second kappa shape index (κ2) is 5.44. The minimum atomic E-state index is 0.653. The number of rotatable bonds is 2. The summed E-state index contributed by atoms with van der Waals surface area (Å²) < 4.78 is 0. The molecule has 1 aromatic rings. The highest BCUT2D eigenvalue weighted by atomic mass is 15.1. The van der Waals surface area contributed by atoms with Crippen LogP contribution < -0.4 is 4.90 Å². The van der Waals surface area contributed by atoms with E-state index in [-0.39, 0.29) is 0 Å². The number of hydrogen-bond donors (Lipinski definition) is 0. The summed E-state index contributed by atoms with van der Waals surface area (Å²) in [6.45, 7) is 4.45. The molecule has 0 spiro atoms. The SMILES string of the molecule is Cc1cc(C#N)ccc1N(C)C1CCCC(C)C1. The van der Waals surface area contributed by atoms with Crippen LogP contribution in [0.25, 0.3) is 0 Å². The molecule has 0 aliphatic heterocycles. The third kappa shape index (κ3) is 2.67. The summed E-state index contributed by atoms with van der Waals surface area (Å²) in [5.74, 6) is 0.838. The van der Waals surface area contributed by atoms with Crippen LogP contribution >= 0.6 is 0 Å². The van der Waals surface area contributed by atoms with E-state index < -0.39 is 0 Å². The minimum Gasteiger partial charge on any atom is -0.371 e. The highest BCUT2D eigenvalue weighted by molar-refractivity contribution is 5.56. The Balaban J connectivity index is 2.18.